The fourth-order valence-electron chi connectivity index (χ4n) is 2.18. The first-order valence-corrected chi connectivity index (χ1v) is 9.68. The van der Waals surface area contributed by atoms with Gasteiger partial charge >= 0.3 is 11.9 Å². The van der Waals surface area contributed by atoms with E-state index in [1.165, 1.54) is 50.6 Å². The molecule has 0 saturated heterocycles. The molecular weight excluding hydrogens is 442 g/mol. The van der Waals surface area contributed by atoms with Crippen LogP contribution in [0.5, 0.6) is 5.75 Å². The molecule has 0 spiro atoms. The number of rotatable bonds is 6. The number of carbonyl (C=O) groups excluding carboxylic acids is 2. The van der Waals surface area contributed by atoms with Crippen LogP contribution in [0.1, 0.15) is 20.7 Å². The maximum atomic E-state index is 12.7. The van der Waals surface area contributed by atoms with Gasteiger partial charge in [-0.2, -0.15) is 0 Å². The number of benzene rings is 2. The zero-order chi connectivity index (χ0) is 20.2. The zero-order valence-corrected chi connectivity index (χ0v) is 17.0. The first-order valence-electron chi connectivity index (χ1n) is 7.40. The molecule has 0 aromatic heterocycles. The fraction of sp³-hybridized carbons (Fsp3) is 0.176. The van der Waals surface area contributed by atoms with Crippen LogP contribution in [0.15, 0.2) is 45.8 Å². The lowest BCUT2D eigenvalue weighted by Gasteiger charge is -2.13. The first kappa shape index (κ1) is 20.7. The minimum atomic E-state index is -4.07. The number of hydrogen-bond acceptors (Lipinski definition) is 7. The summed E-state index contributed by atoms with van der Waals surface area (Å²) in [4.78, 5) is 23.6. The third-order valence-electron chi connectivity index (χ3n) is 3.52. The van der Waals surface area contributed by atoms with Gasteiger partial charge in [-0.15, -0.1) is 0 Å². The monoisotopic (exact) mass is 457 g/mol. The number of nitrogens with one attached hydrogen (secondary N) is 1. The SMILES string of the molecule is COC(=O)c1ccc(C(=O)OC)c(NS(=O)(=O)c2ccc(OC)c(Br)c2)c1. The molecule has 0 atom stereocenters. The van der Waals surface area contributed by atoms with Crippen molar-refractivity contribution < 1.29 is 32.2 Å². The Hall–Kier alpha value is -2.59. The fourth-order valence-corrected chi connectivity index (χ4v) is 3.97. The second-order valence-electron chi connectivity index (χ2n) is 5.15. The standard InChI is InChI=1S/C17H16BrNO7S/c1-24-15-7-5-11(9-13(15)18)27(22,23)19-14-8-10(16(20)25-2)4-6-12(14)17(21)26-3/h4-9,19H,1-3H3. The Balaban J connectivity index is 2.51. The van der Waals surface area contributed by atoms with Gasteiger partial charge in [-0.3, -0.25) is 4.72 Å². The van der Waals surface area contributed by atoms with Crippen molar-refractivity contribution in [3.8, 4) is 5.75 Å². The van der Waals surface area contributed by atoms with Crippen LogP contribution in [0.25, 0.3) is 0 Å². The van der Waals surface area contributed by atoms with Gasteiger partial charge in [0, 0.05) is 0 Å². The molecule has 144 valence electrons. The molecular formula is C17H16BrNO7S. The van der Waals surface area contributed by atoms with Crippen molar-refractivity contribution in [2.75, 3.05) is 26.1 Å². The highest BCUT2D eigenvalue weighted by Gasteiger charge is 2.22. The predicted molar refractivity (Wildman–Crippen MR) is 101 cm³/mol. The molecule has 0 aliphatic heterocycles. The third-order valence-corrected chi connectivity index (χ3v) is 5.51. The van der Waals surface area contributed by atoms with Crippen molar-refractivity contribution in [3.63, 3.8) is 0 Å². The maximum Gasteiger partial charge on any atom is 0.339 e. The zero-order valence-electron chi connectivity index (χ0n) is 14.6. The summed E-state index contributed by atoms with van der Waals surface area (Å²) in [5.74, 6) is -0.990. The van der Waals surface area contributed by atoms with Crippen LogP contribution in [-0.2, 0) is 19.5 Å². The van der Waals surface area contributed by atoms with Crippen molar-refractivity contribution in [3.05, 3.63) is 52.0 Å². The van der Waals surface area contributed by atoms with Gasteiger partial charge in [-0.1, -0.05) is 0 Å². The van der Waals surface area contributed by atoms with Gasteiger partial charge in [0.1, 0.15) is 5.75 Å². The van der Waals surface area contributed by atoms with Crippen molar-refractivity contribution in [1.29, 1.82) is 0 Å². The van der Waals surface area contributed by atoms with Gasteiger partial charge in [0.05, 0.1) is 47.5 Å². The van der Waals surface area contributed by atoms with Crippen LogP contribution in [0.4, 0.5) is 5.69 Å². The molecule has 2 rings (SSSR count). The van der Waals surface area contributed by atoms with E-state index in [1.54, 1.807) is 0 Å². The highest BCUT2D eigenvalue weighted by molar-refractivity contribution is 9.10. The largest absolute Gasteiger partial charge is 0.496 e. The van der Waals surface area contributed by atoms with Gasteiger partial charge in [0.15, 0.2) is 0 Å². The van der Waals surface area contributed by atoms with Crippen LogP contribution in [-0.4, -0.2) is 41.7 Å². The molecule has 10 heteroatoms. The van der Waals surface area contributed by atoms with Gasteiger partial charge in [-0.25, -0.2) is 18.0 Å². The van der Waals surface area contributed by atoms with Crippen molar-refractivity contribution in [2.24, 2.45) is 0 Å². The molecule has 2 aromatic carbocycles. The summed E-state index contributed by atoms with van der Waals surface area (Å²) < 4.78 is 42.5. The smallest absolute Gasteiger partial charge is 0.339 e. The van der Waals surface area contributed by atoms with E-state index in [9.17, 15) is 18.0 Å². The van der Waals surface area contributed by atoms with E-state index < -0.39 is 22.0 Å². The molecule has 0 aliphatic carbocycles. The number of anilines is 1. The molecule has 0 amide bonds. The van der Waals surface area contributed by atoms with E-state index in [0.29, 0.717) is 10.2 Å². The number of ether oxygens (including phenoxy) is 3. The number of methoxy groups -OCH3 is 3. The molecule has 2 aromatic rings. The summed E-state index contributed by atoms with van der Waals surface area (Å²) in [6, 6.07) is 7.98. The number of halogens is 1. The molecule has 0 fully saturated rings. The van der Waals surface area contributed by atoms with E-state index in [-0.39, 0.29) is 21.7 Å². The summed E-state index contributed by atoms with van der Waals surface area (Å²) in [6.45, 7) is 0. The van der Waals surface area contributed by atoms with E-state index >= 15 is 0 Å². The Morgan fingerprint density at radius 1 is 0.963 bits per heavy atom. The summed E-state index contributed by atoms with van der Waals surface area (Å²) in [6.07, 6.45) is 0. The quantitative estimate of drug-likeness (QED) is 0.664. The Labute approximate surface area is 164 Å². The van der Waals surface area contributed by atoms with Gasteiger partial charge < -0.3 is 14.2 Å². The third kappa shape index (κ3) is 4.58. The summed E-state index contributed by atoms with van der Waals surface area (Å²) >= 11 is 3.22. The van der Waals surface area contributed by atoms with Gasteiger partial charge in [-0.05, 0) is 52.3 Å². The summed E-state index contributed by atoms with van der Waals surface area (Å²) in [5.41, 5.74) is -0.100. The summed E-state index contributed by atoms with van der Waals surface area (Å²) in [7, 11) is -0.266. The molecule has 0 aliphatic rings. The van der Waals surface area contributed by atoms with Crippen LogP contribution in [0.2, 0.25) is 0 Å². The number of sulfonamides is 1. The van der Waals surface area contributed by atoms with Crippen LogP contribution in [0, 0.1) is 0 Å². The molecule has 27 heavy (non-hydrogen) atoms. The minimum Gasteiger partial charge on any atom is -0.496 e. The van der Waals surface area contributed by atoms with Crippen molar-refractivity contribution >= 4 is 43.6 Å². The molecule has 0 unspecified atom stereocenters. The average Bonchev–Trinajstić information content (AvgIpc) is 2.66. The lowest BCUT2D eigenvalue weighted by atomic mass is 10.1. The normalized spacial score (nSPS) is 10.8. The molecule has 8 nitrogen and oxygen atoms in total. The van der Waals surface area contributed by atoms with Crippen molar-refractivity contribution in [1.82, 2.24) is 0 Å². The number of carbonyl (C=O) groups is 2. The van der Waals surface area contributed by atoms with Crippen molar-refractivity contribution in [2.45, 2.75) is 4.90 Å². The Bertz CT molecular complexity index is 989. The van der Waals surface area contributed by atoms with E-state index in [2.05, 4.69) is 30.1 Å². The van der Waals surface area contributed by atoms with E-state index in [0.717, 1.165) is 7.11 Å². The molecule has 0 saturated carbocycles. The lowest BCUT2D eigenvalue weighted by Crippen LogP contribution is -2.17. The van der Waals surface area contributed by atoms with Crippen LogP contribution < -0.4 is 9.46 Å². The van der Waals surface area contributed by atoms with E-state index in [4.69, 9.17) is 4.74 Å². The Morgan fingerprint density at radius 3 is 2.19 bits per heavy atom. The molecule has 0 heterocycles. The van der Waals surface area contributed by atoms with Gasteiger partial charge in [0.2, 0.25) is 0 Å². The minimum absolute atomic E-state index is 0.0543. The molecule has 1 N–H and O–H groups in total. The molecule has 0 bridgehead atoms. The van der Waals surface area contributed by atoms with Crippen LogP contribution in [0.3, 0.4) is 0 Å². The van der Waals surface area contributed by atoms with Gasteiger partial charge in [0.25, 0.3) is 10.0 Å². The average molecular weight is 458 g/mol. The lowest BCUT2D eigenvalue weighted by molar-refractivity contribution is 0.0587. The Kier molecular flexibility index (Phi) is 6.45. The first-order chi connectivity index (χ1) is 12.7. The predicted octanol–water partition coefficient (Wildman–Crippen LogP) is 2.83. The summed E-state index contributed by atoms with van der Waals surface area (Å²) in [5, 5.41) is 0. The van der Waals surface area contributed by atoms with E-state index in [1.807, 2.05) is 0 Å². The highest BCUT2D eigenvalue weighted by Crippen LogP contribution is 2.29. The second-order valence-corrected chi connectivity index (χ2v) is 7.68. The Morgan fingerprint density at radius 2 is 1.63 bits per heavy atom. The topological polar surface area (TPSA) is 108 Å². The number of esters is 2. The maximum absolute atomic E-state index is 12.7. The molecule has 0 radical (unpaired) electrons. The van der Waals surface area contributed by atoms with Crippen LogP contribution >= 0.6 is 15.9 Å². The highest BCUT2D eigenvalue weighted by atomic mass is 79.9. The number of hydrogen-bond donors (Lipinski definition) is 1. The second kappa shape index (κ2) is 8.40.